The maximum atomic E-state index is 13.0. The van der Waals surface area contributed by atoms with Crippen LogP contribution >= 0.6 is 0 Å². The van der Waals surface area contributed by atoms with Crippen molar-refractivity contribution in [2.24, 2.45) is 0 Å². The lowest BCUT2D eigenvalue weighted by Gasteiger charge is -2.11. The number of benzene rings is 2. The van der Waals surface area contributed by atoms with Gasteiger partial charge in [-0.15, -0.1) is 0 Å². The van der Waals surface area contributed by atoms with E-state index in [4.69, 9.17) is 24.7 Å². The highest BCUT2D eigenvalue weighted by atomic mass is 16.7. The molecule has 0 fully saturated rings. The zero-order valence-electron chi connectivity index (χ0n) is 15.7. The number of Topliss-reactive ketones (excluding diaryl/α,β-unsaturated/α-hetero) is 1. The molecule has 2 aromatic rings. The summed E-state index contributed by atoms with van der Waals surface area (Å²) >= 11 is 0. The molecule has 6 nitrogen and oxygen atoms in total. The quantitative estimate of drug-likeness (QED) is 0.450. The van der Waals surface area contributed by atoms with Gasteiger partial charge in [0, 0.05) is 11.1 Å². The van der Waals surface area contributed by atoms with Crippen LogP contribution in [0.2, 0.25) is 0 Å². The first-order chi connectivity index (χ1) is 13.1. The number of ketones is 1. The SMILES string of the molecule is CCOc1cc(C(=O)/C(=C/c2cc(OC)c3c(c2)OCO3)CC)ccc1N. The van der Waals surface area contributed by atoms with Gasteiger partial charge in [0.2, 0.25) is 12.5 Å². The molecule has 0 amide bonds. The van der Waals surface area contributed by atoms with Crippen molar-refractivity contribution in [2.45, 2.75) is 20.3 Å². The molecule has 0 bridgehead atoms. The van der Waals surface area contributed by atoms with E-state index in [9.17, 15) is 4.79 Å². The van der Waals surface area contributed by atoms with Crippen LogP contribution in [0.4, 0.5) is 5.69 Å². The highest BCUT2D eigenvalue weighted by Crippen LogP contribution is 2.42. The average Bonchev–Trinajstić information content (AvgIpc) is 3.15. The van der Waals surface area contributed by atoms with Crippen molar-refractivity contribution in [3.8, 4) is 23.0 Å². The minimum atomic E-state index is -0.0740. The summed E-state index contributed by atoms with van der Waals surface area (Å²) < 4.78 is 21.7. The lowest BCUT2D eigenvalue weighted by atomic mass is 9.98. The first-order valence-corrected chi connectivity index (χ1v) is 8.82. The van der Waals surface area contributed by atoms with Gasteiger partial charge in [0.15, 0.2) is 17.3 Å². The third-order valence-electron chi connectivity index (χ3n) is 4.27. The van der Waals surface area contributed by atoms with Gasteiger partial charge < -0.3 is 24.7 Å². The van der Waals surface area contributed by atoms with Crippen LogP contribution < -0.4 is 24.7 Å². The van der Waals surface area contributed by atoms with E-state index in [0.717, 1.165) is 5.56 Å². The van der Waals surface area contributed by atoms with Crippen molar-refractivity contribution < 1.29 is 23.7 Å². The summed E-state index contributed by atoms with van der Waals surface area (Å²) in [4.78, 5) is 13.0. The van der Waals surface area contributed by atoms with E-state index in [0.29, 0.717) is 52.8 Å². The summed E-state index contributed by atoms with van der Waals surface area (Å²) in [6, 6.07) is 8.75. The monoisotopic (exact) mass is 369 g/mol. The second kappa shape index (κ2) is 8.03. The molecule has 0 unspecified atom stereocenters. The van der Waals surface area contributed by atoms with Crippen molar-refractivity contribution in [2.75, 3.05) is 26.2 Å². The van der Waals surface area contributed by atoms with Gasteiger partial charge in [-0.25, -0.2) is 0 Å². The van der Waals surface area contributed by atoms with Gasteiger partial charge in [0.25, 0.3) is 0 Å². The zero-order chi connectivity index (χ0) is 19.4. The van der Waals surface area contributed by atoms with Crippen molar-refractivity contribution in [1.29, 1.82) is 0 Å². The second-order valence-corrected chi connectivity index (χ2v) is 5.99. The van der Waals surface area contributed by atoms with Gasteiger partial charge in [0.1, 0.15) is 5.75 Å². The first-order valence-electron chi connectivity index (χ1n) is 8.82. The maximum absolute atomic E-state index is 13.0. The molecule has 27 heavy (non-hydrogen) atoms. The molecule has 6 heteroatoms. The zero-order valence-corrected chi connectivity index (χ0v) is 15.7. The lowest BCUT2D eigenvalue weighted by Crippen LogP contribution is -2.05. The smallest absolute Gasteiger partial charge is 0.231 e. The molecular weight excluding hydrogens is 346 g/mol. The molecule has 1 heterocycles. The molecular formula is C21H23NO5. The minimum Gasteiger partial charge on any atom is -0.493 e. The van der Waals surface area contributed by atoms with Gasteiger partial charge in [0.05, 0.1) is 19.4 Å². The minimum absolute atomic E-state index is 0.0740. The number of rotatable bonds is 7. The van der Waals surface area contributed by atoms with Crippen LogP contribution in [0.5, 0.6) is 23.0 Å². The van der Waals surface area contributed by atoms with E-state index in [1.165, 1.54) is 0 Å². The maximum Gasteiger partial charge on any atom is 0.231 e. The number of carbonyl (C=O) groups is 1. The van der Waals surface area contributed by atoms with E-state index in [1.807, 2.05) is 32.1 Å². The molecule has 1 aliphatic heterocycles. The van der Waals surface area contributed by atoms with Crippen molar-refractivity contribution in [3.63, 3.8) is 0 Å². The van der Waals surface area contributed by atoms with Gasteiger partial charge in [-0.05, 0) is 55.3 Å². The average molecular weight is 369 g/mol. The number of nitrogen functional groups attached to an aromatic ring is 1. The third kappa shape index (κ3) is 3.84. The van der Waals surface area contributed by atoms with Gasteiger partial charge in [-0.1, -0.05) is 6.92 Å². The van der Waals surface area contributed by atoms with Crippen LogP contribution in [0.1, 0.15) is 36.2 Å². The van der Waals surface area contributed by atoms with E-state index >= 15 is 0 Å². The molecule has 2 aromatic carbocycles. The van der Waals surface area contributed by atoms with Crippen molar-refractivity contribution in [3.05, 3.63) is 47.0 Å². The molecule has 0 aliphatic carbocycles. The van der Waals surface area contributed by atoms with E-state index in [1.54, 1.807) is 25.3 Å². The highest BCUT2D eigenvalue weighted by molar-refractivity contribution is 6.11. The van der Waals surface area contributed by atoms with Crippen LogP contribution in [-0.4, -0.2) is 26.3 Å². The topological polar surface area (TPSA) is 80.0 Å². The summed E-state index contributed by atoms with van der Waals surface area (Å²) in [7, 11) is 1.57. The molecule has 0 atom stereocenters. The Morgan fingerprint density at radius 3 is 2.70 bits per heavy atom. The summed E-state index contributed by atoms with van der Waals surface area (Å²) in [5, 5.41) is 0. The lowest BCUT2D eigenvalue weighted by molar-refractivity contribution is 0.103. The molecule has 1 aliphatic rings. The number of allylic oxidation sites excluding steroid dienone is 1. The summed E-state index contributed by atoms with van der Waals surface area (Å²) in [6.07, 6.45) is 2.41. The van der Waals surface area contributed by atoms with Crippen LogP contribution in [0.15, 0.2) is 35.9 Å². The fourth-order valence-corrected chi connectivity index (χ4v) is 2.90. The standard InChI is InChI=1S/C21H23NO5/c1-4-14(20(23)15-6-7-16(22)17(11-15)25-5-2)8-13-9-18(24-3)21-19(10-13)26-12-27-21/h6-11H,4-5,12,22H2,1-3H3/b14-8+. The largest absolute Gasteiger partial charge is 0.493 e. The molecule has 142 valence electrons. The van der Waals surface area contributed by atoms with Gasteiger partial charge in [-0.2, -0.15) is 0 Å². The predicted octanol–water partition coefficient (Wildman–Crippen LogP) is 4.08. The number of anilines is 1. The summed E-state index contributed by atoms with van der Waals surface area (Å²) in [6.45, 7) is 4.45. The van der Waals surface area contributed by atoms with E-state index in [-0.39, 0.29) is 12.6 Å². The van der Waals surface area contributed by atoms with Crippen LogP contribution in [0.25, 0.3) is 6.08 Å². The van der Waals surface area contributed by atoms with Crippen molar-refractivity contribution >= 4 is 17.5 Å². The molecule has 0 saturated heterocycles. The van der Waals surface area contributed by atoms with Crippen molar-refractivity contribution in [1.82, 2.24) is 0 Å². The van der Waals surface area contributed by atoms with E-state index < -0.39 is 0 Å². The number of ether oxygens (including phenoxy) is 4. The Labute approximate surface area is 158 Å². The number of methoxy groups -OCH3 is 1. The number of hydrogen-bond donors (Lipinski definition) is 1. The number of hydrogen-bond acceptors (Lipinski definition) is 6. The normalized spacial score (nSPS) is 12.8. The fourth-order valence-electron chi connectivity index (χ4n) is 2.90. The Balaban J connectivity index is 1.95. The Hall–Kier alpha value is -3.15. The third-order valence-corrected chi connectivity index (χ3v) is 4.27. The molecule has 0 saturated carbocycles. The summed E-state index contributed by atoms with van der Waals surface area (Å²) in [5.41, 5.74) is 8.41. The highest BCUT2D eigenvalue weighted by Gasteiger charge is 2.20. The molecule has 3 rings (SSSR count). The molecule has 2 N–H and O–H groups in total. The number of carbonyl (C=O) groups excluding carboxylic acids is 1. The van der Waals surface area contributed by atoms with Crippen LogP contribution in [0.3, 0.4) is 0 Å². The second-order valence-electron chi connectivity index (χ2n) is 5.99. The number of fused-ring (bicyclic) bond motifs is 1. The fraction of sp³-hybridized carbons (Fsp3) is 0.286. The Morgan fingerprint density at radius 1 is 1.19 bits per heavy atom. The molecule has 0 spiro atoms. The van der Waals surface area contributed by atoms with Crippen LogP contribution in [0, 0.1) is 0 Å². The van der Waals surface area contributed by atoms with Gasteiger partial charge >= 0.3 is 0 Å². The molecule has 0 radical (unpaired) electrons. The van der Waals surface area contributed by atoms with Crippen LogP contribution in [-0.2, 0) is 0 Å². The van der Waals surface area contributed by atoms with Gasteiger partial charge in [-0.3, -0.25) is 4.79 Å². The first kappa shape index (κ1) is 18.6. The van der Waals surface area contributed by atoms with E-state index in [2.05, 4.69) is 0 Å². The molecule has 0 aromatic heterocycles. The Kier molecular flexibility index (Phi) is 5.54. The summed E-state index contributed by atoms with van der Waals surface area (Å²) in [5.74, 6) is 2.21. The predicted molar refractivity (Wildman–Crippen MR) is 104 cm³/mol. The number of nitrogens with two attached hydrogens (primary N) is 1. The Morgan fingerprint density at radius 2 is 2.00 bits per heavy atom. The Bertz CT molecular complexity index is 888.